The Bertz CT molecular complexity index is 961. The SMILES string of the molecule is CN(CCc1ccncc1)C(=O)c1ccc(Nc2ccc3c(c2)OCO3)nc1. The summed E-state index contributed by atoms with van der Waals surface area (Å²) >= 11 is 0. The fraction of sp³-hybridized carbons (Fsp3) is 0.190. The standard InChI is InChI=1S/C21H20N4O3/c1-25(11-8-15-6-9-22-10-7-15)21(26)16-2-5-20(23-13-16)24-17-3-4-18-19(12-17)28-14-27-18/h2-7,9-10,12-13H,8,11,14H2,1H3,(H,23,24). The molecular weight excluding hydrogens is 356 g/mol. The van der Waals surface area contributed by atoms with Gasteiger partial charge in [0, 0.05) is 43.9 Å². The fourth-order valence-corrected chi connectivity index (χ4v) is 2.88. The number of pyridine rings is 2. The minimum absolute atomic E-state index is 0.0591. The van der Waals surface area contributed by atoms with Crippen LogP contribution in [0, 0.1) is 0 Å². The van der Waals surface area contributed by atoms with Gasteiger partial charge < -0.3 is 19.7 Å². The van der Waals surface area contributed by atoms with Crippen LogP contribution in [-0.2, 0) is 6.42 Å². The van der Waals surface area contributed by atoms with E-state index in [1.807, 2.05) is 30.3 Å². The second-order valence-corrected chi connectivity index (χ2v) is 6.46. The van der Waals surface area contributed by atoms with Crippen LogP contribution in [-0.4, -0.2) is 41.2 Å². The summed E-state index contributed by atoms with van der Waals surface area (Å²) in [4.78, 5) is 22.6. The van der Waals surface area contributed by atoms with Gasteiger partial charge in [-0.05, 0) is 48.4 Å². The lowest BCUT2D eigenvalue weighted by atomic mass is 10.2. The number of anilines is 2. The number of aromatic nitrogens is 2. The molecule has 1 aliphatic heterocycles. The molecule has 3 heterocycles. The maximum atomic E-state index is 12.6. The molecule has 4 rings (SSSR count). The first-order valence-corrected chi connectivity index (χ1v) is 8.96. The minimum atomic E-state index is -0.0591. The number of nitrogens with one attached hydrogen (secondary N) is 1. The number of hydrogen-bond acceptors (Lipinski definition) is 6. The number of rotatable bonds is 6. The van der Waals surface area contributed by atoms with Crippen molar-refractivity contribution in [2.24, 2.45) is 0 Å². The molecule has 0 atom stereocenters. The molecule has 0 saturated heterocycles. The zero-order valence-electron chi connectivity index (χ0n) is 15.5. The van der Waals surface area contributed by atoms with Gasteiger partial charge in [-0.2, -0.15) is 0 Å². The second kappa shape index (κ2) is 7.96. The predicted octanol–water partition coefficient (Wildman–Crippen LogP) is 3.26. The lowest BCUT2D eigenvalue weighted by Crippen LogP contribution is -2.28. The number of amides is 1. The van der Waals surface area contributed by atoms with Crippen LogP contribution < -0.4 is 14.8 Å². The molecule has 0 spiro atoms. The van der Waals surface area contributed by atoms with Crippen molar-refractivity contribution in [2.45, 2.75) is 6.42 Å². The molecule has 0 radical (unpaired) electrons. The molecule has 1 aromatic carbocycles. The monoisotopic (exact) mass is 376 g/mol. The van der Waals surface area contributed by atoms with Crippen LogP contribution in [0.3, 0.4) is 0 Å². The highest BCUT2D eigenvalue weighted by Gasteiger charge is 2.14. The summed E-state index contributed by atoms with van der Waals surface area (Å²) in [6, 6.07) is 13.1. The van der Waals surface area contributed by atoms with E-state index in [-0.39, 0.29) is 12.7 Å². The number of hydrogen-bond donors (Lipinski definition) is 1. The average Bonchev–Trinajstić information content (AvgIpc) is 3.21. The van der Waals surface area contributed by atoms with E-state index >= 15 is 0 Å². The van der Waals surface area contributed by atoms with Crippen molar-refractivity contribution in [1.29, 1.82) is 0 Å². The Hall–Kier alpha value is -3.61. The van der Waals surface area contributed by atoms with Crippen LogP contribution >= 0.6 is 0 Å². The van der Waals surface area contributed by atoms with E-state index in [1.165, 1.54) is 0 Å². The maximum absolute atomic E-state index is 12.6. The van der Waals surface area contributed by atoms with Crippen molar-refractivity contribution >= 4 is 17.4 Å². The third kappa shape index (κ3) is 4.03. The molecule has 28 heavy (non-hydrogen) atoms. The number of likely N-dealkylation sites (N-methyl/N-ethyl adjacent to an activating group) is 1. The van der Waals surface area contributed by atoms with Crippen molar-refractivity contribution in [2.75, 3.05) is 25.7 Å². The first-order valence-electron chi connectivity index (χ1n) is 8.96. The van der Waals surface area contributed by atoms with Crippen LogP contribution in [0.5, 0.6) is 11.5 Å². The van der Waals surface area contributed by atoms with Gasteiger partial charge in [0.25, 0.3) is 5.91 Å². The van der Waals surface area contributed by atoms with E-state index in [4.69, 9.17) is 9.47 Å². The van der Waals surface area contributed by atoms with Gasteiger partial charge in [0.1, 0.15) is 5.82 Å². The number of fused-ring (bicyclic) bond motifs is 1. The highest BCUT2D eigenvalue weighted by atomic mass is 16.7. The summed E-state index contributed by atoms with van der Waals surface area (Å²) < 4.78 is 10.7. The first kappa shape index (κ1) is 17.8. The summed E-state index contributed by atoms with van der Waals surface area (Å²) in [7, 11) is 1.79. The Morgan fingerprint density at radius 1 is 1.11 bits per heavy atom. The Morgan fingerprint density at radius 2 is 1.93 bits per heavy atom. The van der Waals surface area contributed by atoms with E-state index in [1.54, 1.807) is 42.7 Å². The van der Waals surface area contributed by atoms with E-state index in [2.05, 4.69) is 15.3 Å². The number of carbonyl (C=O) groups excluding carboxylic acids is 1. The highest BCUT2D eigenvalue weighted by molar-refractivity contribution is 5.94. The van der Waals surface area contributed by atoms with Gasteiger partial charge in [0.15, 0.2) is 11.5 Å². The van der Waals surface area contributed by atoms with Crippen molar-refractivity contribution in [1.82, 2.24) is 14.9 Å². The molecule has 0 aliphatic carbocycles. The summed E-state index contributed by atoms with van der Waals surface area (Å²) in [6.45, 7) is 0.864. The molecule has 0 saturated carbocycles. The Balaban J connectivity index is 1.36. The van der Waals surface area contributed by atoms with Gasteiger partial charge in [-0.1, -0.05) is 0 Å². The Morgan fingerprint density at radius 3 is 2.71 bits per heavy atom. The molecule has 3 aromatic rings. The van der Waals surface area contributed by atoms with Crippen LogP contribution in [0.4, 0.5) is 11.5 Å². The molecule has 2 aromatic heterocycles. The van der Waals surface area contributed by atoms with Crippen LogP contribution in [0.2, 0.25) is 0 Å². The number of benzene rings is 1. The molecule has 7 heteroatoms. The topological polar surface area (TPSA) is 76.6 Å². The minimum Gasteiger partial charge on any atom is -0.454 e. The smallest absolute Gasteiger partial charge is 0.255 e. The predicted molar refractivity (Wildman–Crippen MR) is 105 cm³/mol. The molecule has 7 nitrogen and oxygen atoms in total. The van der Waals surface area contributed by atoms with Crippen molar-refractivity contribution in [3.8, 4) is 11.5 Å². The molecule has 1 N–H and O–H groups in total. The van der Waals surface area contributed by atoms with Crippen LogP contribution in [0.15, 0.2) is 61.1 Å². The maximum Gasteiger partial charge on any atom is 0.255 e. The largest absolute Gasteiger partial charge is 0.454 e. The van der Waals surface area contributed by atoms with Gasteiger partial charge in [-0.15, -0.1) is 0 Å². The first-order chi connectivity index (χ1) is 13.7. The Kier molecular flexibility index (Phi) is 5.05. The van der Waals surface area contributed by atoms with E-state index in [0.29, 0.717) is 23.7 Å². The highest BCUT2D eigenvalue weighted by Crippen LogP contribution is 2.34. The fourth-order valence-electron chi connectivity index (χ4n) is 2.88. The van der Waals surface area contributed by atoms with Crippen LogP contribution in [0.25, 0.3) is 0 Å². The van der Waals surface area contributed by atoms with Crippen molar-refractivity contribution in [3.63, 3.8) is 0 Å². The zero-order chi connectivity index (χ0) is 19.3. The van der Waals surface area contributed by atoms with E-state index < -0.39 is 0 Å². The molecule has 1 amide bonds. The number of ether oxygens (including phenoxy) is 2. The van der Waals surface area contributed by atoms with Gasteiger partial charge >= 0.3 is 0 Å². The lowest BCUT2D eigenvalue weighted by molar-refractivity contribution is 0.0796. The average molecular weight is 376 g/mol. The van der Waals surface area contributed by atoms with E-state index in [0.717, 1.165) is 23.4 Å². The quantitative estimate of drug-likeness (QED) is 0.712. The zero-order valence-corrected chi connectivity index (χ0v) is 15.5. The van der Waals surface area contributed by atoms with Gasteiger partial charge in [-0.3, -0.25) is 9.78 Å². The number of nitrogens with zero attached hydrogens (tertiary/aromatic N) is 3. The summed E-state index contributed by atoms with van der Waals surface area (Å²) in [5.41, 5.74) is 2.54. The van der Waals surface area contributed by atoms with Gasteiger partial charge in [0.2, 0.25) is 6.79 Å². The van der Waals surface area contributed by atoms with Crippen LogP contribution in [0.1, 0.15) is 15.9 Å². The third-order valence-corrected chi connectivity index (χ3v) is 4.49. The lowest BCUT2D eigenvalue weighted by Gasteiger charge is -2.17. The molecule has 142 valence electrons. The third-order valence-electron chi connectivity index (χ3n) is 4.49. The molecule has 0 fully saturated rings. The molecule has 0 bridgehead atoms. The van der Waals surface area contributed by atoms with Gasteiger partial charge in [-0.25, -0.2) is 4.98 Å². The second-order valence-electron chi connectivity index (χ2n) is 6.46. The number of carbonyl (C=O) groups is 1. The summed E-state index contributed by atoms with van der Waals surface area (Å²) in [5.74, 6) is 2.02. The van der Waals surface area contributed by atoms with Gasteiger partial charge in [0.05, 0.1) is 5.56 Å². The van der Waals surface area contributed by atoms with Crippen molar-refractivity contribution < 1.29 is 14.3 Å². The summed E-state index contributed by atoms with van der Waals surface area (Å²) in [5, 5.41) is 3.20. The normalized spacial score (nSPS) is 11.9. The molecular formula is C21H20N4O3. The molecule has 0 unspecified atom stereocenters. The Labute approximate surface area is 163 Å². The van der Waals surface area contributed by atoms with Crippen molar-refractivity contribution in [3.05, 3.63) is 72.2 Å². The summed E-state index contributed by atoms with van der Waals surface area (Å²) in [6.07, 6.45) is 5.88. The molecule has 1 aliphatic rings. The van der Waals surface area contributed by atoms with E-state index in [9.17, 15) is 4.79 Å².